The lowest BCUT2D eigenvalue weighted by atomic mass is 10.0. The van der Waals surface area contributed by atoms with Crippen molar-refractivity contribution in [1.29, 1.82) is 0 Å². The normalized spacial score (nSPS) is 10.9. The standard InChI is InChI=1S/C16H20N2O/c1-11(2)10-18(3)16(19)14-8-12-6-4-5-7-13(12)9-15(14)17/h4-9,11H,10,17H2,1-3H3. The minimum absolute atomic E-state index is 0.0167. The average Bonchev–Trinajstić information content (AvgIpc) is 2.36. The summed E-state index contributed by atoms with van der Waals surface area (Å²) in [5.74, 6) is 0.424. The Morgan fingerprint density at radius 2 is 1.79 bits per heavy atom. The van der Waals surface area contributed by atoms with Gasteiger partial charge in [0.25, 0.3) is 5.91 Å². The van der Waals surface area contributed by atoms with E-state index in [1.165, 1.54) is 0 Å². The highest BCUT2D eigenvalue weighted by Gasteiger charge is 2.16. The van der Waals surface area contributed by atoms with Gasteiger partial charge in [-0.05, 0) is 28.8 Å². The first-order valence-corrected chi connectivity index (χ1v) is 6.52. The molecule has 0 bridgehead atoms. The number of hydrogen-bond acceptors (Lipinski definition) is 2. The van der Waals surface area contributed by atoms with Crippen LogP contribution in [0.15, 0.2) is 36.4 Å². The summed E-state index contributed by atoms with van der Waals surface area (Å²) in [7, 11) is 1.82. The van der Waals surface area contributed by atoms with E-state index in [1.807, 2.05) is 43.4 Å². The second kappa shape index (κ2) is 5.31. The minimum atomic E-state index is -0.0167. The summed E-state index contributed by atoms with van der Waals surface area (Å²) in [4.78, 5) is 14.1. The van der Waals surface area contributed by atoms with Crippen LogP contribution in [0.3, 0.4) is 0 Å². The van der Waals surface area contributed by atoms with Crippen LogP contribution in [-0.4, -0.2) is 24.4 Å². The van der Waals surface area contributed by atoms with Crippen LogP contribution in [0, 0.1) is 5.92 Å². The van der Waals surface area contributed by atoms with Crippen molar-refractivity contribution in [1.82, 2.24) is 4.90 Å². The van der Waals surface area contributed by atoms with Crippen LogP contribution in [0.1, 0.15) is 24.2 Å². The second-order valence-corrected chi connectivity index (χ2v) is 5.37. The molecule has 0 aliphatic carbocycles. The molecule has 1 amide bonds. The number of carbonyl (C=O) groups is 1. The molecule has 0 saturated carbocycles. The lowest BCUT2D eigenvalue weighted by Gasteiger charge is -2.20. The van der Waals surface area contributed by atoms with E-state index in [0.29, 0.717) is 17.2 Å². The first-order valence-electron chi connectivity index (χ1n) is 6.52. The third-order valence-corrected chi connectivity index (χ3v) is 3.13. The van der Waals surface area contributed by atoms with E-state index in [4.69, 9.17) is 5.73 Å². The third kappa shape index (κ3) is 2.87. The molecule has 2 aromatic rings. The Morgan fingerprint density at radius 1 is 1.21 bits per heavy atom. The maximum absolute atomic E-state index is 12.4. The number of nitrogen functional groups attached to an aromatic ring is 1. The van der Waals surface area contributed by atoms with Gasteiger partial charge in [0.15, 0.2) is 0 Å². The molecule has 0 atom stereocenters. The van der Waals surface area contributed by atoms with Crippen molar-refractivity contribution >= 4 is 22.4 Å². The zero-order valence-electron chi connectivity index (χ0n) is 11.7. The zero-order valence-corrected chi connectivity index (χ0v) is 11.7. The van der Waals surface area contributed by atoms with E-state index in [0.717, 1.165) is 17.3 Å². The monoisotopic (exact) mass is 256 g/mol. The Hall–Kier alpha value is -2.03. The Labute approximate surface area is 114 Å². The molecular weight excluding hydrogens is 236 g/mol. The quantitative estimate of drug-likeness (QED) is 0.857. The predicted octanol–water partition coefficient (Wildman–Crippen LogP) is 3.15. The van der Waals surface area contributed by atoms with E-state index >= 15 is 0 Å². The number of benzene rings is 2. The smallest absolute Gasteiger partial charge is 0.255 e. The molecule has 2 rings (SSSR count). The molecule has 0 aromatic heterocycles. The Morgan fingerprint density at radius 3 is 2.37 bits per heavy atom. The van der Waals surface area contributed by atoms with Crippen LogP contribution in [-0.2, 0) is 0 Å². The summed E-state index contributed by atoms with van der Waals surface area (Å²) in [5.41, 5.74) is 7.13. The van der Waals surface area contributed by atoms with Gasteiger partial charge in [-0.1, -0.05) is 38.1 Å². The fourth-order valence-electron chi connectivity index (χ4n) is 2.28. The summed E-state index contributed by atoms with van der Waals surface area (Å²) in [6, 6.07) is 11.7. The van der Waals surface area contributed by atoms with Gasteiger partial charge in [-0.25, -0.2) is 0 Å². The summed E-state index contributed by atoms with van der Waals surface area (Å²) in [6.07, 6.45) is 0. The number of nitrogens with two attached hydrogens (primary N) is 1. The van der Waals surface area contributed by atoms with Crippen LogP contribution in [0.2, 0.25) is 0 Å². The topological polar surface area (TPSA) is 46.3 Å². The van der Waals surface area contributed by atoms with Crippen molar-refractivity contribution in [3.05, 3.63) is 42.0 Å². The molecule has 0 saturated heterocycles. The molecule has 100 valence electrons. The number of nitrogens with zero attached hydrogens (tertiary/aromatic N) is 1. The van der Waals surface area contributed by atoms with Crippen LogP contribution < -0.4 is 5.73 Å². The van der Waals surface area contributed by atoms with E-state index in [2.05, 4.69) is 13.8 Å². The maximum Gasteiger partial charge on any atom is 0.255 e. The molecule has 0 spiro atoms. The molecule has 0 radical (unpaired) electrons. The van der Waals surface area contributed by atoms with Crippen LogP contribution in [0.5, 0.6) is 0 Å². The largest absolute Gasteiger partial charge is 0.398 e. The molecule has 0 heterocycles. The SMILES string of the molecule is CC(C)CN(C)C(=O)c1cc2ccccc2cc1N. The molecule has 2 N–H and O–H groups in total. The van der Waals surface area contributed by atoms with Gasteiger partial charge in [0, 0.05) is 19.3 Å². The highest BCUT2D eigenvalue weighted by Crippen LogP contribution is 2.23. The molecule has 2 aromatic carbocycles. The molecule has 19 heavy (non-hydrogen) atoms. The number of fused-ring (bicyclic) bond motifs is 1. The fourth-order valence-corrected chi connectivity index (χ4v) is 2.28. The minimum Gasteiger partial charge on any atom is -0.398 e. The van der Waals surface area contributed by atoms with Crippen molar-refractivity contribution < 1.29 is 4.79 Å². The van der Waals surface area contributed by atoms with Gasteiger partial charge < -0.3 is 10.6 Å². The van der Waals surface area contributed by atoms with Gasteiger partial charge in [-0.2, -0.15) is 0 Å². The molecule has 3 heteroatoms. The Kier molecular flexibility index (Phi) is 3.74. The molecule has 0 aliphatic rings. The number of hydrogen-bond donors (Lipinski definition) is 1. The Balaban J connectivity index is 2.39. The van der Waals surface area contributed by atoms with E-state index in [1.54, 1.807) is 4.90 Å². The van der Waals surface area contributed by atoms with Crippen LogP contribution in [0.4, 0.5) is 5.69 Å². The summed E-state index contributed by atoms with van der Waals surface area (Å²) in [5, 5.41) is 2.10. The molecule has 0 aliphatic heterocycles. The second-order valence-electron chi connectivity index (χ2n) is 5.37. The number of anilines is 1. The zero-order chi connectivity index (χ0) is 14.0. The van der Waals surface area contributed by atoms with Crippen molar-refractivity contribution in [2.45, 2.75) is 13.8 Å². The fraction of sp³-hybridized carbons (Fsp3) is 0.312. The first-order chi connectivity index (χ1) is 8.99. The van der Waals surface area contributed by atoms with Gasteiger partial charge in [-0.15, -0.1) is 0 Å². The average molecular weight is 256 g/mol. The lowest BCUT2D eigenvalue weighted by molar-refractivity contribution is 0.0780. The molecule has 0 fully saturated rings. The van der Waals surface area contributed by atoms with Gasteiger partial charge >= 0.3 is 0 Å². The van der Waals surface area contributed by atoms with Gasteiger partial charge in [0.2, 0.25) is 0 Å². The number of carbonyl (C=O) groups excluding carboxylic acids is 1. The molecule has 0 unspecified atom stereocenters. The predicted molar refractivity (Wildman–Crippen MR) is 80.2 cm³/mol. The highest BCUT2D eigenvalue weighted by molar-refractivity contribution is 6.03. The van der Waals surface area contributed by atoms with E-state index < -0.39 is 0 Å². The van der Waals surface area contributed by atoms with Crippen molar-refractivity contribution in [2.75, 3.05) is 19.3 Å². The lowest BCUT2D eigenvalue weighted by Crippen LogP contribution is -2.30. The van der Waals surface area contributed by atoms with E-state index in [9.17, 15) is 4.79 Å². The first kappa shape index (κ1) is 13.4. The Bertz CT molecular complexity index is 605. The number of amides is 1. The molecular formula is C16H20N2O. The van der Waals surface area contributed by atoms with Crippen LogP contribution >= 0.6 is 0 Å². The van der Waals surface area contributed by atoms with Crippen molar-refractivity contribution in [3.63, 3.8) is 0 Å². The number of rotatable bonds is 3. The van der Waals surface area contributed by atoms with Gasteiger partial charge in [0.05, 0.1) is 5.56 Å². The van der Waals surface area contributed by atoms with Gasteiger partial charge in [-0.3, -0.25) is 4.79 Å². The van der Waals surface area contributed by atoms with Crippen molar-refractivity contribution in [3.8, 4) is 0 Å². The molecule has 3 nitrogen and oxygen atoms in total. The summed E-state index contributed by atoms with van der Waals surface area (Å²) < 4.78 is 0. The highest BCUT2D eigenvalue weighted by atomic mass is 16.2. The summed E-state index contributed by atoms with van der Waals surface area (Å²) in [6.45, 7) is 4.91. The third-order valence-electron chi connectivity index (χ3n) is 3.13. The van der Waals surface area contributed by atoms with Crippen molar-refractivity contribution in [2.24, 2.45) is 5.92 Å². The summed E-state index contributed by atoms with van der Waals surface area (Å²) >= 11 is 0. The van der Waals surface area contributed by atoms with Crippen LogP contribution in [0.25, 0.3) is 10.8 Å². The maximum atomic E-state index is 12.4. The van der Waals surface area contributed by atoms with E-state index in [-0.39, 0.29) is 5.91 Å². The van der Waals surface area contributed by atoms with Gasteiger partial charge in [0.1, 0.15) is 0 Å².